The molecule has 0 bridgehead atoms. The van der Waals surface area contributed by atoms with Crippen molar-refractivity contribution in [3.05, 3.63) is 11.9 Å². The second-order valence-electron chi connectivity index (χ2n) is 10.9. The van der Waals surface area contributed by atoms with E-state index in [0.29, 0.717) is 38.0 Å². The van der Waals surface area contributed by atoms with Gasteiger partial charge in [0.25, 0.3) is 6.43 Å². The summed E-state index contributed by atoms with van der Waals surface area (Å²) in [6, 6.07) is -0.00502. The molecule has 10 heteroatoms. The van der Waals surface area contributed by atoms with Crippen molar-refractivity contribution in [2.45, 2.75) is 95.8 Å². The Morgan fingerprint density at radius 2 is 1.91 bits per heavy atom. The number of rotatable bonds is 8. The number of piperidine rings is 1. The molecule has 0 aromatic carbocycles. The lowest BCUT2D eigenvalue weighted by Gasteiger charge is -2.36. The van der Waals surface area contributed by atoms with Crippen LogP contribution >= 0.6 is 0 Å². The first-order valence-electron chi connectivity index (χ1n) is 12.5. The van der Waals surface area contributed by atoms with E-state index in [1.807, 2.05) is 20.8 Å². The van der Waals surface area contributed by atoms with Gasteiger partial charge in [-0.3, -0.25) is 4.68 Å². The second-order valence-corrected chi connectivity index (χ2v) is 10.9. The first-order chi connectivity index (χ1) is 16.0. The van der Waals surface area contributed by atoms with Crippen LogP contribution in [0.25, 0.3) is 0 Å². The van der Waals surface area contributed by atoms with Crippen molar-refractivity contribution in [1.29, 1.82) is 0 Å². The van der Waals surface area contributed by atoms with Gasteiger partial charge in [0, 0.05) is 19.3 Å². The van der Waals surface area contributed by atoms with Crippen LogP contribution in [0.1, 0.15) is 90.3 Å². The third-order valence-electron chi connectivity index (χ3n) is 7.02. The molecule has 3 rings (SSSR count). The summed E-state index contributed by atoms with van der Waals surface area (Å²) in [6.45, 7) is 8.75. The van der Waals surface area contributed by atoms with Gasteiger partial charge >= 0.3 is 6.09 Å². The topological polar surface area (TPSA) is 106 Å². The van der Waals surface area contributed by atoms with Gasteiger partial charge in [-0.05, 0) is 91.1 Å². The van der Waals surface area contributed by atoms with Gasteiger partial charge < -0.3 is 25.8 Å². The van der Waals surface area contributed by atoms with Crippen molar-refractivity contribution in [1.82, 2.24) is 20.0 Å². The molecule has 2 aliphatic rings. The summed E-state index contributed by atoms with van der Waals surface area (Å²) in [5, 5.41) is 18.3. The largest absolute Gasteiger partial charge is 0.444 e. The minimum Gasteiger partial charge on any atom is -0.444 e. The molecule has 2 fully saturated rings. The van der Waals surface area contributed by atoms with E-state index in [2.05, 4.69) is 10.4 Å². The number of likely N-dealkylation sites (tertiary alicyclic amines) is 1. The molecule has 2 heterocycles. The fourth-order valence-corrected chi connectivity index (χ4v) is 4.91. The standard InChI is InChI=1S/C24H41F2N5O3/c1-23(2,3)34-22(32)30-14-7-17(8-15-30)6-12-28-13-11-24(33)9-4-18(5-10-24)31-16-19(27)20(29-31)21(25)26/h16-18,21,28,33H,4-15,27H2,1-3H3. The summed E-state index contributed by atoms with van der Waals surface area (Å²) in [4.78, 5) is 14.0. The first-order valence-corrected chi connectivity index (χ1v) is 12.5. The minimum atomic E-state index is -2.68. The van der Waals surface area contributed by atoms with Crippen LogP contribution < -0.4 is 11.1 Å². The smallest absolute Gasteiger partial charge is 0.410 e. The molecule has 1 aromatic heterocycles. The van der Waals surface area contributed by atoms with Crippen molar-refractivity contribution >= 4 is 11.8 Å². The number of nitrogens with one attached hydrogen (secondary N) is 1. The Bertz CT molecular complexity index is 795. The number of nitrogens with zero attached hydrogens (tertiary/aromatic N) is 3. The lowest BCUT2D eigenvalue weighted by atomic mass is 9.80. The summed E-state index contributed by atoms with van der Waals surface area (Å²) in [5.74, 6) is 0.587. The Balaban J connectivity index is 1.29. The Morgan fingerprint density at radius 1 is 1.26 bits per heavy atom. The zero-order valence-electron chi connectivity index (χ0n) is 20.7. The number of ether oxygens (including phenoxy) is 1. The number of hydrogen-bond donors (Lipinski definition) is 3. The molecule has 1 saturated carbocycles. The van der Waals surface area contributed by atoms with E-state index in [9.17, 15) is 18.7 Å². The van der Waals surface area contributed by atoms with Crippen LogP contribution in [0, 0.1) is 5.92 Å². The van der Waals surface area contributed by atoms with Gasteiger partial charge in [-0.15, -0.1) is 0 Å². The second kappa shape index (κ2) is 11.2. The van der Waals surface area contributed by atoms with Crippen LogP contribution in [0.2, 0.25) is 0 Å². The number of amides is 1. The van der Waals surface area contributed by atoms with Crippen LogP contribution in [0.4, 0.5) is 19.3 Å². The fraction of sp³-hybridized carbons (Fsp3) is 0.833. The van der Waals surface area contributed by atoms with E-state index >= 15 is 0 Å². The van der Waals surface area contributed by atoms with E-state index in [1.54, 1.807) is 9.58 Å². The average Bonchev–Trinajstić information content (AvgIpc) is 3.15. The predicted molar refractivity (Wildman–Crippen MR) is 127 cm³/mol. The van der Waals surface area contributed by atoms with E-state index < -0.39 is 17.6 Å². The van der Waals surface area contributed by atoms with E-state index in [0.717, 1.165) is 45.4 Å². The molecule has 1 amide bonds. The van der Waals surface area contributed by atoms with Gasteiger partial charge in [0.05, 0.1) is 17.3 Å². The molecule has 0 spiro atoms. The summed E-state index contributed by atoms with van der Waals surface area (Å²) in [7, 11) is 0. The quantitative estimate of drug-likeness (QED) is 0.475. The maximum absolute atomic E-state index is 12.9. The van der Waals surface area contributed by atoms with Gasteiger partial charge in [-0.2, -0.15) is 5.10 Å². The summed E-state index contributed by atoms with van der Waals surface area (Å²) < 4.78 is 32.9. The molecule has 1 aliphatic carbocycles. The SMILES string of the molecule is CC(C)(C)OC(=O)N1CCC(CCNCCC2(O)CCC(n3cc(N)c(C(F)F)n3)CC2)CC1. The van der Waals surface area contributed by atoms with Crippen molar-refractivity contribution in [2.24, 2.45) is 5.92 Å². The van der Waals surface area contributed by atoms with Gasteiger partial charge in [-0.25, -0.2) is 13.6 Å². The van der Waals surface area contributed by atoms with Crippen LogP contribution in [0.15, 0.2) is 6.20 Å². The van der Waals surface area contributed by atoms with E-state index in [1.165, 1.54) is 6.20 Å². The van der Waals surface area contributed by atoms with E-state index in [-0.39, 0.29) is 23.5 Å². The number of halogens is 2. The van der Waals surface area contributed by atoms with Crippen LogP contribution in [0.5, 0.6) is 0 Å². The number of nitrogens with two attached hydrogens (primary N) is 1. The Hall–Kier alpha value is -1.94. The number of alkyl halides is 2. The lowest BCUT2D eigenvalue weighted by Crippen LogP contribution is -2.42. The third kappa shape index (κ3) is 7.53. The highest BCUT2D eigenvalue weighted by Crippen LogP contribution is 2.37. The molecule has 1 aromatic rings. The first kappa shape index (κ1) is 26.7. The molecular weight excluding hydrogens is 444 g/mol. The molecule has 194 valence electrons. The molecule has 34 heavy (non-hydrogen) atoms. The highest BCUT2D eigenvalue weighted by molar-refractivity contribution is 5.68. The van der Waals surface area contributed by atoms with Gasteiger partial charge in [0.2, 0.25) is 0 Å². The number of hydrogen-bond acceptors (Lipinski definition) is 6. The third-order valence-corrected chi connectivity index (χ3v) is 7.02. The van der Waals surface area contributed by atoms with Crippen LogP contribution in [0.3, 0.4) is 0 Å². The average molecular weight is 486 g/mol. The number of aromatic nitrogens is 2. The van der Waals surface area contributed by atoms with E-state index in [4.69, 9.17) is 10.5 Å². The molecule has 4 N–H and O–H groups in total. The molecule has 8 nitrogen and oxygen atoms in total. The Morgan fingerprint density at radius 3 is 2.47 bits per heavy atom. The predicted octanol–water partition coefficient (Wildman–Crippen LogP) is 4.27. The zero-order chi connectivity index (χ0) is 24.9. The number of aliphatic hydroxyl groups is 1. The molecule has 0 unspecified atom stereocenters. The fourth-order valence-electron chi connectivity index (χ4n) is 4.91. The molecule has 0 radical (unpaired) electrons. The summed E-state index contributed by atoms with van der Waals surface area (Å²) >= 11 is 0. The maximum atomic E-state index is 12.9. The number of nitrogen functional groups attached to an aromatic ring is 1. The van der Waals surface area contributed by atoms with Crippen LogP contribution in [-0.2, 0) is 4.74 Å². The molecule has 1 aliphatic heterocycles. The van der Waals surface area contributed by atoms with Crippen molar-refractivity contribution in [3.63, 3.8) is 0 Å². The van der Waals surface area contributed by atoms with Crippen LogP contribution in [-0.4, -0.2) is 63.3 Å². The van der Waals surface area contributed by atoms with Gasteiger partial charge in [-0.1, -0.05) is 0 Å². The zero-order valence-corrected chi connectivity index (χ0v) is 20.7. The maximum Gasteiger partial charge on any atom is 0.410 e. The van der Waals surface area contributed by atoms with Gasteiger partial charge in [0.15, 0.2) is 5.69 Å². The molecular formula is C24H41F2N5O3. The normalized spacial score (nSPS) is 24.6. The van der Waals surface area contributed by atoms with Crippen molar-refractivity contribution < 1.29 is 23.4 Å². The minimum absolute atomic E-state index is 0.00502. The van der Waals surface area contributed by atoms with Crippen molar-refractivity contribution in [3.8, 4) is 0 Å². The van der Waals surface area contributed by atoms with Gasteiger partial charge in [0.1, 0.15) is 5.60 Å². The Kier molecular flexibility index (Phi) is 8.78. The number of anilines is 1. The lowest BCUT2D eigenvalue weighted by molar-refractivity contribution is -0.0156. The number of carbonyl (C=O) groups is 1. The molecule has 0 atom stereocenters. The highest BCUT2D eigenvalue weighted by Gasteiger charge is 2.34. The summed E-state index contributed by atoms with van der Waals surface area (Å²) in [6.07, 6.45) is 4.88. The molecule has 1 saturated heterocycles. The summed E-state index contributed by atoms with van der Waals surface area (Å²) in [5.41, 5.74) is 4.12. The van der Waals surface area contributed by atoms with Crippen molar-refractivity contribution in [2.75, 3.05) is 31.9 Å². The monoisotopic (exact) mass is 485 g/mol. The highest BCUT2D eigenvalue weighted by atomic mass is 19.3. The Labute approximate surface area is 201 Å². The number of carbonyl (C=O) groups excluding carboxylic acids is 1.